The van der Waals surface area contributed by atoms with E-state index in [1.807, 2.05) is 0 Å². The molecule has 1 N–H and O–H groups in total. The molecule has 6 nitrogen and oxygen atoms in total. The van der Waals surface area contributed by atoms with E-state index < -0.39 is 17.8 Å². The Bertz CT molecular complexity index is 903. The first kappa shape index (κ1) is 17.5. The van der Waals surface area contributed by atoms with Gasteiger partial charge in [-0.2, -0.15) is 0 Å². The van der Waals surface area contributed by atoms with Crippen molar-refractivity contribution in [2.45, 2.75) is 19.4 Å². The van der Waals surface area contributed by atoms with Crippen molar-refractivity contribution in [3.63, 3.8) is 0 Å². The van der Waals surface area contributed by atoms with Crippen LogP contribution < -0.4 is 0 Å². The Morgan fingerprint density at radius 3 is 2.74 bits per heavy atom. The number of nitrogens with zero attached hydrogens (tertiary/aromatic N) is 3. The van der Waals surface area contributed by atoms with E-state index >= 15 is 0 Å². The predicted octanol–water partition coefficient (Wildman–Crippen LogP) is 3.02. The van der Waals surface area contributed by atoms with Crippen LogP contribution >= 0.6 is 0 Å². The van der Waals surface area contributed by atoms with E-state index in [1.165, 1.54) is 4.90 Å². The van der Waals surface area contributed by atoms with E-state index in [0.29, 0.717) is 36.5 Å². The van der Waals surface area contributed by atoms with Gasteiger partial charge >= 0.3 is 6.09 Å². The first-order valence-corrected chi connectivity index (χ1v) is 8.96. The minimum Gasteiger partial charge on any atom is -0.465 e. The van der Waals surface area contributed by atoms with Gasteiger partial charge in [-0.1, -0.05) is 18.2 Å². The summed E-state index contributed by atoms with van der Waals surface area (Å²) in [6.07, 6.45) is 1.36. The largest absolute Gasteiger partial charge is 0.465 e. The Kier molecular flexibility index (Phi) is 4.30. The van der Waals surface area contributed by atoms with E-state index in [2.05, 4.69) is 4.98 Å². The Labute approximate surface area is 156 Å². The quantitative estimate of drug-likeness (QED) is 0.883. The van der Waals surface area contributed by atoms with E-state index in [-0.39, 0.29) is 17.5 Å². The molecule has 1 aromatic heterocycles. The highest BCUT2D eigenvalue weighted by Crippen LogP contribution is 2.34. The van der Waals surface area contributed by atoms with Crippen molar-refractivity contribution in [2.75, 3.05) is 19.6 Å². The Hall–Kier alpha value is -2.96. The molecule has 140 valence electrons. The van der Waals surface area contributed by atoms with Crippen LogP contribution in [0.25, 0.3) is 11.3 Å². The summed E-state index contributed by atoms with van der Waals surface area (Å²) in [4.78, 5) is 31.7. The first-order valence-electron chi connectivity index (χ1n) is 8.96. The zero-order valence-electron chi connectivity index (χ0n) is 14.9. The molecule has 2 aliphatic heterocycles. The monoisotopic (exact) mass is 369 g/mol. The molecule has 2 unspecified atom stereocenters. The predicted molar refractivity (Wildman–Crippen MR) is 96.9 cm³/mol. The summed E-state index contributed by atoms with van der Waals surface area (Å²) >= 11 is 0. The highest BCUT2D eigenvalue weighted by molar-refractivity contribution is 6.01. The van der Waals surface area contributed by atoms with E-state index in [1.54, 1.807) is 48.4 Å². The minimum atomic E-state index is -0.971. The fraction of sp³-hybridized carbons (Fsp3) is 0.350. The number of aromatic nitrogens is 1. The lowest BCUT2D eigenvalue weighted by molar-refractivity contribution is -0.0243. The van der Waals surface area contributed by atoms with Gasteiger partial charge in [0.1, 0.15) is 5.82 Å². The van der Waals surface area contributed by atoms with Crippen LogP contribution in [0, 0.1) is 18.7 Å². The zero-order chi connectivity index (χ0) is 19.1. The van der Waals surface area contributed by atoms with Crippen molar-refractivity contribution in [1.29, 1.82) is 0 Å². The van der Waals surface area contributed by atoms with Gasteiger partial charge in [-0.3, -0.25) is 9.78 Å². The number of pyridine rings is 1. The van der Waals surface area contributed by atoms with Crippen LogP contribution in [0.3, 0.4) is 0 Å². The second-order valence-corrected chi connectivity index (χ2v) is 7.14. The van der Waals surface area contributed by atoms with Crippen molar-refractivity contribution in [3.8, 4) is 11.3 Å². The number of piperidine rings is 1. The van der Waals surface area contributed by atoms with Gasteiger partial charge in [0, 0.05) is 37.3 Å². The number of fused-ring (bicyclic) bond motifs is 1. The highest BCUT2D eigenvalue weighted by atomic mass is 19.1. The van der Waals surface area contributed by atoms with E-state index in [4.69, 9.17) is 0 Å². The number of hydrogen-bond donors (Lipinski definition) is 1. The molecule has 2 aliphatic rings. The van der Waals surface area contributed by atoms with Crippen LogP contribution in [0.4, 0.5) is 9.18 Å². The van der Waals surface area contributed by atoms with Gasteiger partial charge in [0.2, 0.25) is 0 Å². The SMILES string of the molecule is Cc1ccc(-c2ccccn2)c(C(=O)N2CCC3CN(C(=O)O)C3C2)c1F. The molecule has 4 rings (SSSR count). The average Bonchev–Trinajstić information content (AvgIpc) is 2.64. The zero-order valence-corrected chi connectivity index (χ0v) is 14.9. The molecule has 3 heterocycles. The average molecular weight is 369 g/mol. The number of benzene rings is 1. The number of carbonyl (C=O) groups excluding carboxylic acids is 1. The second-order valence-electron chi connectivity index (χ2n) is 7.14. The maximum absolute atomic E-state index is 15.0. The molecule has 0 spiro atoms. The van der Waals surface area contributed by atoms with Gasteiger partial charge in [0.25, 0.3) is 5.91 Å². The Morgan fingerprint density at radius 1 is 1.22 bits per heavy atom. The van der Waals surface area contributed by atoms with E-state index in [0.717, 1.165) is 6.42 Å². The normalized spacial score (nSPS) is 21.4. The summed E-state index contributed by atoms with van der Waals surface area (Å²) in [7, 11) is 0. The Balaban J connectivity index is 1.68. The summed E-state index contributed by atoms with van der Waals surface area (Å²) < 4.78 is 15.0. The smallest absolute Gasteiger partial charge is 0.407 e. The molecule has 0 bridgehead atoms. The molecule has 27 heavy (non-hydrogen) atoms. The van der Waals surface area contributed by atoms with Gasteiger partial charge in [-0.25, -0.2) is 9.18 Å². The number of hydrogen-bond acceptors (Lipinski definition) is 3. The second kappa shape index (κ2) is 6.64. The highest BCUT2D eigenvalue weighted by Gasteiger charge is 2.46. The van der Waals surface area contributed by atoms with Crippen molar-refractivity contribution < 1.29 is 19.1 Å². The molecule has 2 aromatic rings. The first-order chi connectivity index (χ1) is 13.0. The lowest BCUT2D eigenvalue weighted by Crippen LogP contribution is -2.66. The van der Waals surface area contributed by atoms with Crippen molar-refractivity contribution >= 4 is 12.0 Å². The van der Waals surface area contributed by atoms with Gasteiger partial charge in [0.15, 0.2) is 0 Å². The number of carboxylic acid groups (broad SMARTS) is 1. The molecule has 2 fully saturated rings. The van der Waals surface area contributed by atoms with Gasteiger partial charge in [-0.15, -0.1) is 0 Å². The van der Waals surface area contributed by atoms with Crippen LogP contribution in [0.5, 0.6) is 0 Å². The molecule has 2 atom stereocenters. The fourth-order valence-electron chi connectivity index (χ4n) is 3.98. The number of amides is 2. The van der Waals surface area contributed by atoms with Gasteiger partial charge < -0.3 is 14.9 Å². The number of halogens is 1. The van der Waals surface area contributed by atoms with E-state index in [9.17, 15) is 19.1 Å². The molecular formula is C20H20FN3O3. The molecule has 2 saturated heterocycles. The number of carbonyl (C=O) groups is 2. The van der Waals surface area contributed by atoms with Crippen LogP contribution in [0.15, 0.2) is 36.5 Å². The van der Waals surface area contributed by atoms with Crippen LogP contribution in [-0.4, -0.2) is 57.6 Å². The fourth-order valence-corrected chi connectivity index (χ4v) is 3.98. The van der Waals surface area contributed by atoms with Crippen molar-refractivity contribution in [2.24, 2.45) is 5.92 Å². The maximum Gasteiger partial charge on any atom is 0.407 e. The standard InChI is InChI=1S/C20H20FN3O3/c1-12-5-6-14(15-4-2-3-8-22-15)17(18(12)21)19(25)23-9-7-13-10-24(20(26)27)16(13)11-23/h2-6,8,13,16H,7,9-11H2,1H3,(H,26,27). The third kappa shape index (κ3) is 2.93. The van der Waals surface area contributed by atoms with Crippen LogP contribution in [-0.2, 0) is 0 Å². The van der Waals surface area contributed by atoms with Crippen LogP contribution in [0.1, 0.15) is 22.3 Å². The molecule has 2 amide bonds. The maximum atomic E-state index is 15.0. The third-order valence-corrected chi connectivity index (χ3v) is 5.58. The topological polar surface area (TPSA) is 73.7 Å². The third-order valence-electron chi connectivity index (χ3n) is 5.58. The lowest BCUT2D eigenvalue weighted by atomic mass is 9.82. The molecule has 0 saturated carbocycles. The molecule has 1 aromatic carbocycles. The number of rotatable bonds is 2. The molecular weight excluding hydrogens is 349 g/mol. The van der Waals surface area contributed by atoms with Gasteiger partial charge in [0.05, 0.1) is 17.3 Å². The number of aryl methyl sites for hydroxylation is 1. The summed E-state index contributed by atoms with van der Waals surface area (Å²) in [5, 5.41) is 9.24. The lowest BCUT2D eigenvalue weighted by Gasteiger charge is -2.52. The summed E-state index contributed by atoms with van der Waals surface area (Å²) in [5.74, 6) is -0.677. The number of likely N-dealkylation sites (tertiary alicyclic amines) is 2. The van der Waals surface area contributed by atoms with Gasteiger partial charge in [-0.05, 0) is 31.0 Å². The van der Waals surface area contributed by atoms with Crippen LogP contribution in [0.2, 0.25) is 0 Å². The molecule has 0 aliphatic carbocycles. The molecule has 7 heteroatoms. The summed E-state index contributed by atoms with van der Waals surface area (Å²) in [6.45, 7) is 2.94. The van der Waals surface area contributed by atoms with Crippen molar-refractivity contribution in [1.82, 2.24) is 14.8 Å². The molecule has 0 radical (unpaired) electrons. The Morgan fingerprint density at radius 2 is 2.04 bits per heavy atom. The van der Waals surface area contributed by atoms with Crippen molar-refractivity contribution in [3.05, 3.63) is 53.5 Å². The minimum absolute atomic E-state index is 0.00773. The summed E-state index contributed by atoms with van der Waals surface area (Å²) in [6, 6.07) is 8.45. The summed E-state index contributed by atoms with van der Waals surface area (Å²) in [5.41, 5.74) is 1.39.